The number of allylic oxidation sites excluding steroid dienone is 2. The zero-order chi connectivity index (χ0) is 21.0. The number of hydrogen-bond donors (Lipinski definition) is 0. The first-order valence-corrected chi connectivity index (χ1v) is 12.1. The molecule has 0 aliphatic carbocycles. The van der Waals surface area contributed by atoms with Crippen molar-refractivity contribution in [3.63, 3.8) is 0 Å². The van der Waals surface area contributed by atoms with Crippen LogP contribution >= 0.6 is 0 Å². The Morgan fingerprint density at radius 2 is 1.38 bits per heavy atom. The highest BCUT2D eigenvalue weighted by Gasteiger charge is 2.09. The van der Waals surface area contributed by atoms with Crippen LogP contribution in [0.2, 0.25) is 0 Å². The molecule has 0 aromatic heterocycles. The number of esters is 1. The van der Waals surface area contributed by atoms with Crippen molar-refractivity contribution in [2.75, 3.05) is 6.61 Å². The van der Waals surface area contributed by atoms with E-state index in [4.69, 9.17) is 4.74 Å². The summed E-state index contributed by atoms with van der Waals surface area (Å²) in [5.41, 5.74) is 1.22. The van der Waals surface area contributed by atoms with Gasteiger partial charge in [0.15, 0.2) is 0 Å². The van der Waals surface area contributed by atoms with E-state index in [-0.39, 0.29) is 11.9 Å². The Labute approximate surface area is 180 Å². The maximum Gasteiger partial charge on any atom is 0.305 e. The molecule has 1 aromatic rings. The van der Waals surface area contributed by atoms with E-state index in [0.717, 1.165) is 12.8 Å². The first-order valence-electron chi connectivity index (χ1n) is 12.1. The second-order valence-corrected chi connectivity index (χ2v) is 8.33. The summed E-state index contributed by atoms with van der Waals surface area (Å²) in [6.07, 6.45) is 21.8. The van der Waals surface area contributed by atoms with Crippen LogP contribution in [0.5, 0.6) is 0 Å². The van der Waals surface area contributed by atoms with Gasteiger partial charge in [-0.15, -0.1) is 0 Å². The molecule has 0 heterocycles. The molecule has 0 aliphatic rings. The standard InChI is InChI=1S/C27H44O2/c1-3-4-5-6-7-8-9-10-11-12-13-14-15-16-20-23-27(28)29-24-25(2)26-21-18-17-19-22-26/h8-9,17-19,21-22,25H,3-7,10-16,20,23-24H2,1-2H3/b9-8+. The number of unbranched alkanes of at least 4 members (excludes halogenated alkanes) is 11. The van der Waals surface area contributed by atoms with Gasteiger partial charge in [-0.25, -0.2) is 0 Å². The minimum Gasteiger partial charge on any atom is -0.465 e. The smallest absolute Gasteiger partial charge is 0.305 e. The van der Waals surface area contributed by atoms with Gasteiger partial charge in [-0.3, -0.25) is 4.79 Å². The predicted molar refractivity (Wildman–Crippen MR) is 125 cm³/mol. The SMILES string of the molecule is CCCCCC/C=C/CCCCCCCCCC(=O)OCC(C)c1ccccc1. The Hall–Kier alpha value is -1.57. The molecule has 164 valence electrons. The highest BCUT2D eigenvalue weighted by molar-refractivity contribution is 5.69. The Kier molecular flexibility index (Phi) is 16.2. The average Bonchev–Trinajstić information content (AvgIpc) is 2.75. The Balaban J connectivity index is 1.85. The van der Waals surface area contributed by atoms with Crippen molar-refractivity contribution >= 4 is 5.97 Å². The van der Waals surface area contributed by atoms with Gasteiger partial charge in [-0.2, -0.15) is 0 Å². The average molecular weight is 401 g/mol. The quantitative estimate of drug-likeness (QED) is 0.140. The Morgan fingerprint density at radius 1 is 0.828 bits per heavy atom. The van der Waals surface area contributed by atoms with Gasteiger partial charge in [-0.1, -0.05) is 108 Å². The fourth-order valence-electron chi connectivity index (χ4n) is 3.51. The minimum absolute atomic E-state index is 0.0470. The van der Waals surface area contributed by atoms with Crippen LogP contribution in [0.25, 0.3) is 0 Å². The molecule has 2 nitrogen and oxygen atoms in total. The van der Waals surface area contributed by atoms with Crippen molar-refractivity contribution in [3.05, 3.63) is 48.0 Å². The summed E-state index contributed by atoms with van der Waals surface area (Å²) in [5.74, 6) is 0.213. The van der Waals surface area contributed by atoms with Crippen molar-refractivity contribution in [2.24, 2.45) is 0 Å². The van der Waals surface area contributed by atoms with Gasteiger partial charge in [0.1, 0.15) is 0 Å². The largest absolute Gasteiger partial charge is 0.465 e. The molecule has 1 rings (SSSR count). The van der Waals surface area contributed by atoms with Crippen LogP contribution in [0.3, 0.4) is 0 Å². The molecule has 1 aromatic carbocycles. The van der Waals surface area contributed by atoms with Crippen LogP contribution in [-0.4, -0.2) is 12.6 Å². The lowest BCUT2D eigenvalue weighted by Gasteiger charge is -2.12. The Bertz CT molecular complexity index is 521. The van der Waals surface area contributed by atoms with E-state index in [2.05, 4.69) is 38.1 Å². The normalized spacial score (nSPS) is 12.3. The van der Waals surface area contributed by atoms with E-state index in [9.17, 15) is 4.79 Å². The van der Waals surface area contributed by atoms with Crippen LogP contribution in [0, 0.1) is 0 Å². The molecular weight excluding hydrogens is 356 g/mol. The summed E-state index contributed by atoms with van der Waals surface area (Å²) in [5, 5.41) is 0. The molecule has 1 unspecified atom stereocenters. The molecular formula is C27H44O2. The monoisotopic (exact) mass is 400 g/mol. The first kappa shape index (κ1) is 25.5. The second-order valence-electron chi connectivity index (χ2n) is 8.33. The summed E-state index contributed by atoms with van der Waals surface area (Å²) in [6, 6.07) is 10.2. The molecule has 0 amide bonds. The van der Waals surface area contributed by atoms with Crippen molar-refractivity contribution in [2.45, 2.75) is 110 Å². The van der Waals surface area contributed by atoms with E-state index in [1.54, 1.807) is 0 Å². The van der Waals surface area contributed by atoms with Gasteiger partial charge < -0.3 is 4.74 Å². The molecule has 0 bridgehead atoms. The van der Waals surface area contributed by atoms with E-state index in [1.165, 1.54) is 76.2 Å². The maximum atomic E-state index is 11.9. The summed E-state index contributed by atoms with van der Waals surface area (Å²) in [4.78, 5) is 11.9. The second kappa shape index (κ2) is 18.5. The lowest BCUT2D eigenvalue weighted by molar-refractivity contribution is -0.144. The number of carbonyl (C=O) groups is 1. The van der Waals surface area contributed by atoms with Gasteiger partial charge >= 0.3 is 5.97 Å². The van der Waals surface area contributed by atoms with Crippen molar-refractivity contribution in [1.29, 1.82) is 0 Å². The van der Waals surface area contributed by atoms with Crippen LogP contribution < -0.4 is 0 Å². The fourth-order valence-corrected chi connectivity index (χ4v) is 3.51. The van der Waals surface area contributed by atoms with Gasteiger partial charge in [0.05, 0.1) is 6.61 Å². The third-order valence-corrected chi connectivity index (χ3v) is 5.51. The molecule has 0 N–H and O–H groups in total. The third kappa shape index (κ3) is 15.0. The predicted octanol–water partition coefficient (Wildman–Crippen LogP) is 8.37. The highest BCUT2D eigenvalue weighted by Crippen LogP contribution is 2.15. The van der Waals surface area contributed by atoms with E-state index in [0.29, 0.717) is 13.0 Å². The lowest BCUT2D eigenvalue weighted by Crippen LogP contribution is -2.10. The molecule has 0 fully saturated rings. The fraction of sp³-hybridized carbons (Fsp3) is 0.667. The summed E-state index contributed by atoms with van der Waals surface area (Å²) < 4.78 is 5.43. The molecule has 0 spiro atoms. The molecule has 0 radical (unpaired) electrons. The number of rotatable bonds is 18. The van der Waals surface area contributed by atoms with Crippen LogP contribution in [-0.2, 0) is 9.53 Å². The van der Waals surface area contributed by atoms with E-state index >= 15 is 0 Å². The zero-order valence-electron chi connectivity index (χ0n) is 19.0. The Morgan fingerprint density at radius 3 is 2.00 bits per heavy atom. The van der Waals surface area contributed by atoms with Gasteiger partial charge in [0, 0.05) is 12.3 Å². The van der Waals surface area contributed by atoms with Crippen molar-refractivity contribution in [3.8, 4) is 0 Å². The van der Waals surface area contributed by atoms with Gasteiger partial charge in [-0.05, 0) is 37.7 Å². The maximum absolute atomic E-state index is 11.9. The summed E-state index contributed by atoms with van der Waals surface area (Å²) in [7, 11) is 0. The van der Waals surface area contributed by atoms with Crippen LogP contribution in [0.1, 0.15) is 115 Å². The highest BCUT2D eigenvalue weighted by atomic mass is 16.5. The number of hydrogen-bond acceptors (Lipinski definition) is 2. The first-order chi connectivity index (χ1) is 14.2. The number of benzene rings is 1. The van der Waals surface area contributed by atoms with Crippen molar-refractivity contribution in [1.82, 2.24) is 0 Å². The molecule has 0 saturated heterocycles. The van der Waals surface area contributed by atoms with Gasteiger partial charge in [0.2, 0.25) is 0 Å². The third-order valence-electron chi connectivity index (χ3n) is 5.51. The molecule has 0 saturated carbocycles. The number of carbonyl (C=O) groups excluding carboxylic acids is 1. The molecule has 29 heavy (non-hydrogen) atoms. The molecule has 2 heteroatoms. The summed E-state index contributed by atoms with van der Waals surface area (Å²) >= 11 is 0. The van der Waals surface area contributed by atoms with Crippen LogP contribution in [0.15, 0.2) is 42.5 Å². The molecule has 0 aliphatic heterocycles. The summed E-state index contributed by atoms with van der Waals surface area (Å²) in [6.45, 7) is 4.85. The van der Waals surface area contributed by atoms with E-state index in [1.807, 2.05) is 18.2 Å². The van der Waals surface area contributed by atoms with Gasteiger partial charge in [0.25, 0.3) is 0 Å². The lowest BCUT2D eigenvalue weighted by atomic mass is 10.0. The molecule has 1 atom stereocenters. The van der Waals surface area contributed by atoms with Crippen molar-refractivity contribution < 1.29 is 9.53 Å². The zero-order valence-corrected chi connectivity index (χ0v) is 19.0. The van der Waals surface area contributed by atoms with Crippen LogP contribution in [0.4, 0.5) is 0 Å². The number of ether oxygens (including phenoxy) is 1. The topological polar surface area (TPSA) is 26.3 Å². The minimum atomic E-state index is -0.0470. The van der Waals surface area contributed by atoms with E-state index < -0.39 is 0 Å².